The average molecular weight is 113 g/mol. The average Bonchev–Trinajstić information content (AvgIpc) is 2.21. The number of nitrogens with one attached hydrogen (secondary N) is 1. The minimum Gasteiger partial charge on any atom is -0.376 e. The van der Waals surface area contributed by atoms with Crippen LogP contribution in [0.1, 0.15) is 25.7 Å². The molecule has 2 fully saturated rings. The zero-order valence-electron chi connectivity index (χ0n) is 4.85. The summed E-state index contributed by atoms with van der Waals surface area (Å²) in [6.07, 6.45) is 4.29. The van der Waals surface area contributed by atoms with Gasteiger partial charge in [0, 0.05) is 6.04 Å². The van der Waals surface area contributed by atoms with Gasteiger partial charge in [0.25, 0.3) is 0 Å². The van der Waals surface area contributed by atoms with Gasteiger partial charge in [0.05, 0.1) is 0 Å². The van der Waals surface area contributed by atoms with Gasteiger partial charge in [-0.05, 0) is 25.7 Å². The van der Waals surface area contributed by atoms with E-state index in [0.29, 0.717) is 6.04 Å². The molecular weight excluding hydrogens is 102 g/mol. The smallest absolute Gasteiger partial charge is 0.116 e. The number of hydrogen-bond acceptors (Lipinski definition) is 2. The number of aliphatic hydroxyl groups is 1. The molecule has 46 valence electrons. The molecule has 2 heterocycles. The van der Waals surface area contributed by atoms with Crippen molar-refractivity contribution in [3.05, 3.63) is 0 Å². The van der Waals surface area contributed by atoms with Crippen LogP contribution in [0.3, 0.4) is 0 Å². The van der Waals surface area contributed by atoms with E-state index in [9.17, 15) is 5.11 Å². The molecule has 0 aromatic carbocycles. The molecule has 0 aromatic rings. The molecule has 2 bridgehead atoms. The molecule has 2 nitrogen and oxygen atoms in total. The van der Waals surface area contributed by atoms with Gasteiger partial charge in [-0.1, -0.05) is 0 Å². The predicted molar refractivity (Wildman–Crippen MR) is 30.3 cm³/mol. The first-order chi connectivity index (χ1) is 3.79. The summed E-state index contributed by atoms with van der Waals surface area (Å²) in [5, 5.41) is 12.6. The number of rotatable bonds is 0. The summed E-state index contributed by atoms with van der Waals surface area (Å²) < 4.78 is 0. The van der Waals surface area contributed by atoms with Gasteiger partial charge in [-0.2, -0.15) is 0 Å². The van der Waals surface area contributed by atoms with Gasteiger partial charge in [-0.15, -0.1) is 0 Å². The van der Waals surface area contributed by atoms with Gasteiger partial charge in [-0.25, -0.2) is 0 Å². The van der Waals surface area contributed by atoms with Gasteiger partial charge >= 0.3 is 0 Å². The lowest BCUT2D eigenvalue weighted by Gasteiger charge is -2.16. The summed E-state index contributed by atoms with van der Waals surface area (Å²) in [5.74, 6) is 0. The van der Waals surface area contributed by atoms with Gasteiger partial charge in [0.2, 0.25) is 0 Å². The zero-order valence-corrected chi connectivity index (χ0v) is 4.85. The maximum Gasteiger partial charge on any atom is 0.116 e. The second-order valence-corrected chi connectivity index (χ2v) is 2.95. The summed E-state index contributed by atoms with van der Waals surface area (Å²) in [6, 6.07) is 0.639. The van der Waals surface area contributed by atoms with Crippen molar-refractivity contribution in [2.45, 2.75) is 37.5 Å². The Morgan fingerprint density at radius 2 is 2.00 bits per heavy atom. The van der Waals surface area contributed by atoms with Crippen LogP contribution >= 0.6 is 0 Å². The number of hydrogen-bond donors (Lipinski definition) is 2. The highest BCUT2D eigenvalue weighted by Crippen LogP contribution is 2.34. The van der Waals surface area contributed by atoms with Gasteiger partial charge in [0.1, 0.15) is 5.72 Å². The van der Waals surface area contributed by atoms with Crippen LogP contribution in [0.2, 0.25) is 0 Å². The van der Waals surface area contributed by atoms with Crippen molar-refractivity contribution < 1.29 is 5.11 Å². The van der Waals surface area contributed by atoms with Crippen LogP contribution in [-0.4, -0.2) is 16.9 Å². The normalized spacial score (nSPS) is 52.9. The molecule has 0 radical (unpaired) electrons. The molecule has 0 atom stereocenters. The lowest BCUT2D eigenvalue weighted by Crippen LogP contribution is -2.35. The summed E-state index contributed by atoms with van der Waals surface area (Å²) in [5.41, 5.74) is -0.440. The topological polar surface area (TPSA) is 32.3 Å². The van der Waals surface area contributed by atoms with Crippen LogP contribution in [-0.2, 0) is 0 Å². The van der Waals surface area contributed by atoms with E-state index in [-0.39, 0.29) is 0 Å². The van der Waals surface area contributed by atoms with E-state index in [1.54, 1.807) is 0 Å². The van der Waals surface area contributed by atoms with Crippen molar-refractivity contribution in [2.24, 2.45) is 0 Å². The highest BCUT2D eigenvalue weighted by Gasteiger charge is 2.42. The molecule has 2 N–H and O–H groups in total. The Morgan fingerprint density at radius 3 is 2.12 bits per heavy atom. The summed E-state index contributed by atoms with van der Waals surface area (Å²) in [7, 11) is 0. The minimum absolute atomic E-state index is 0.440. The third-order valence-electron chi connectivity index (χ3n) is 2.29. The zero-order chi connectivity index (χ0) is 5.61. The first-order valence-corrected chi connectivity index (χ1v) is 3.29. The quantitative estimate of drug-likeness (QED) is 0.471. The maximum atomic E-state index is 9.43. The highest BCUT2D eigenvalue weighted by atomic mass is 16.3. The summed E-state index contributed by atoms with van der Waals surface area (Å²) in [4.78, 5) is 0. The van der Waals surface area contributed by atoms with Crippen LogP contribution in [0, 0.1) is 0 Å². The third-order valence-corrected chi connectivity index (χ3v) is 2.29. The van der Waals surface area contributed by atoms with Crippen molar-refractivity contribution in [1.29, 1.82) is 0 Å². The molecule has 0 saturated carbocycles. The molecule has 2 heteroatoms. The third kappa shape index (κ3) is 0.501. The predicted octanol–water partition coefficient (Wildman–Crippen LogP) is 0.221. The van der Waals surface area contributed by atoms with Crippen LogP contribution < -0.4 is 5.32 Å². The lowest BCUT2D eigenvalue weighted by molar-refractivity contribution is 0.0322. The molecule has 0 spiro atoms. The Kier molecular flexibility index (Phi) is 0.746. The molecule has 2 aliphatic rings. The molecular formula is C6H11NO. The Hall–Kier alpha value is -0.0800. The van der Waals surface area contributed by atoms with Crippen molar-refractivity contribution in [2.75, 3.05) is 0 Å². The maximum absolute atomic E-state index is 9.43. The Labute approximate surface area is 48.9 Å². The molecule has 0 aliphatic carbocycles. The molecule has 2 rings (SSSR count). The fourth-order valence-corrected chi connectivity index (χ4v) is 1.76. The van der Waals surface area contributed by atoms with Gasteiger partial charge in [0.15, 0.2) is 0 Å². The molecule has 0 amide bonds. The van der Waals surface area contributed by atoms with Crippen molar-refractivity contribution in [3.8, 4) is 0 Å². The largest absolute Gasteiger partial charge is 0.376 e. The summed E-state index contributed by atoms with van der Waals surface area (Å²) in [6.45, 7) is 0. The molecule has 0 aromatic heterocycles. The van der Waals surface area contributed by atoms with E-state index in [2.05, 4.69) is 5.32 Å². The van der Waals surface area contributed by atoms with E-state index in [1.165, 1.54) is 12.8 Å². The van der Waals surface area contributed by atoms with Crippen LogP contribution in [0.15, 0.2) is 0 Å². The second-order valence-electron chi connectivity index (χ2n) is 2.95. The highest BCUT2D eigenvalue weighted by molar-refractivity contribution is 4.96. The summed E-state index contributed by atoms with van der Waals surface area (Å²) >= 11 is 0. The van der Waals surface area contributed by atoms with Crippen molar-refractivity contribution in [1.82, 2.24) is 5.32 Å². The first-order valence-electron chi connectivity index (χ1n) is 3.29. The van der Waals surface area contributed by atoms with Gasteiger partial charge < -0.3 is 5.11 Å². The van der Waals surface area contributed by atoms with E-state index in [1.807, 2.05) is 0 Å². The van der Waals surface area contributed by atoms with Crippen molar-refractivity contribution in [3.63, 3.8) is 0 Å². The fraction of sp³-hybridized carbons (Fsp3) is 1.00. The monoisotopic (exact) mass is 113 g/mol. The Morgan fingerprint density at radius 1 is 1.38 bits per heavy atom. The minimum atomic E-state index is -0.440. The van der Waals surface area contributed by atoms with E-state index >= 15 is 0 Å². The lowest BCUT2D eigenvalue weighted by atomic mass is 9.98. The Balaban J connectivity index is 2.19. The van der Waals surface area contributed by atoms with E-state index in [0.717, 1.165) is 12.8 Å². The van der Waals surface area contributed by atoms with E-state index in [4.69, 9.17) is 0 Å². The first kappa shape index (κ1) is 4.77. The fourth-order valence-electron chi connectivity index (χ4n) is 1.76. The van der Waals surface area contributed by atoms with E-state index < -0.39 is 5.72 Å². The molecule has 8 heavy (non-hydrogen) atoms. The SMILES string of the molecule is OC12CCC(CC1)N2. The number of fused-ring (bicyclic) bond motifs is 2. The molecule has 0 unspecified atom stereocenters. The Bertz CT molecular complexity index is 105. The van der Waals surface area contributed by atoms with Gasteiger partial charge in [-0.3, -0.25) is 5.32 Å². The molecule has 2 aliphatic heterocycles. The van der Waals surface area contributed by atoms with Crippen LogP contribution in [0.25, 0.3) is 0 Å². The molecule has 2 saturated heterocycles. The standard InChI is InChI=1S/C6H11NO/c8-6-3-1-5(7-6)2-4-6/h5,7-8H,1-4H2. The second kappa shape index (κ2) is 1.25. The van der Waals surface area contributed by atoms with Crippen LogP contribution in [0.4, 0.5) is 0 Å². The van der Waals surface area contributed by atoms with Crippen LogP contribution in [0.5, 0.6) is 0 Å². The van der Waals surface area contributed by atoms with Crippen molar-refractivity contribution >= 4 is 0 Å².